The predicted molar refractivity (Wildman–Crippen MR) is 87.7 cm³/mol. The van der Waals surface area contributed by atoms with Crippen molar-refractivity contribution in [3.8, 4) is 0 Å². The van der Waals surface area contributed by atoms with Crippen LogP contribution >= 0.6 is 50.7 Å². The molecular formula is C14H11BrCl3N. The fourth-order valence-electron chi connectivity index (χ4n) is 1.73. The van der Waals surface area contributed by atoms with Gasteiger partial charge in [0, 0.05) is 15.5 Å². The van der Waals surface area contributed by atoms with Gasteiger partial charge in [0.1, 0.15) is 0 Å². The lowest BCUT2D eigenvalue weighted by Gasteiger charge is -2.17. The van der Waals surface area contributed by atoms with Crippen molar-refractivity contribution in [2.75, 3.05) is 5.32 Å². The summed E-state index contributed by atoms with van der Waals surface area (Å²) in [7, 11) is 0. The summed E-state index contributed by atoms with van der Waals surface area (Å²) in [6.45, 7) is 2.04. The summed E-state index contributed by atoms with van der Waals surface area (Å²) >= 11 is 21.6. The minimum atomic E-state index is 0.0773. The summed E-state index contributed by atoms with van der Waals surface area (Å²) < 4.78 is 0.778. The average molecular weight is 380 g/mol. The van der Waals surface area contributed by atoms with Crippen molar-refractivity contribution in [3.63, 3.8) is 0 Å². The lowest BCUT2D eigenvalue weighted by atomic mass is 10.1. The van der Waals surface area contributed by atoms with E-state index in [1.165, 1.54) is 0 Å². The molecule has 100 valence electrons. The number of benzene rings is 2. The van der Waals surface area contributed by atoms with Crippen LogP contribution in [0.25, 0.3) is 0 Å². The summed E-state index contributed by atoms with van der Waals surface area (Å²) in [6, 6.07) is 11.5. The molecule has 1 unspecified atom stereocenters. The first kappa shape index (κ1) is 15.0. The van der Waals surface area contributed by atoms with Crippen molar-refractivity contribution in [1.29, 1.82) is 0 Å². The number of nitrogens with one attached hydrogen (secondary N) is 1. The highest BCUT2D eigenvalue weighted by molar-refractivity contribution is 9.10. The Morgan fingerprint density at radius 2 is 1.79 bits per heavy atom. The zero-order valence-electron chi connectivity index (χ0n) is 10.1. The van der Waals surface area contributed by atoms with Gasteiger partial charge in [0.2, 0.25) is 0 Å². The van der Waals surface area contributed by atoms with Crippen molar-refractivity contribution in [2.24, 2.45) is 0 Å². The predicted octanol–water partition coefficient (Wildman–Crippen LogP) is 6.58. The van der Waals surface area contributed by atoms with Crippen LogP contribution in [0.1, 0.15) is 18.5 Å². The maximum absolute atomic E-state index is 6.21. The van der Waals surface area contributed by atoms with E-state index in [-0.39, 0.29) is 6.04 Å². The van der Waals surface area contributed by atoms with Crippen molar-refractivity contribution >= 4 is 56.4 Å². The van der Waals surface area contributed by atoms with Gasteiger partial charge >= 0.3 is 0 Å². The van der Waals surface area contributed by atoms with Gasteiger partial charge < -0.3 is 5.32 Å². The van der Waals surface area contributed by atoms with E-state index in [0.717, 1.165) is 15.7 Å². The Morgan fingerprint density at radius 3 is 2.47 bits per heavy atom. The summed E-state index contributed by atoms with van der Waals surface area (Å²) in [5.74, 6) is 0. The van der Waals surface area contributed by atoms with Crippen LogP contribution in [0.3, 0.4) is 0 Å². The Bertz CT molecular complexity index is 601. The van der Waals surface area contributed by atoms with Gasteiger partial charge in [-0.1, -0.05) is 46.9 Å². The first-order chi connectivity index (χ1) is 8.99. The highest BCUT2D eigenvalue weighted by Gasteiger charge is 2.12. The molecule has 0 spiro atoms. The molecule has 0 heterocycles. The molecule has 2 aromatic rings. The minimum Gasteiger partial charge on any atom is -0.377 e. The Balaban J connectivity index is 2.24. The second kappa shape index (κ2) is 6.36. The molecule has 1 nitrogen and oxygen atoms in total. The zero-order valence-corrected chi connectivity index (χ0v) is 13.9. The molecule has 1 atom stereocenters. The number of rotatable bonds is 3. The summed E-state index contributed by atoms with van der Waals surface area (Å²) in [5, 5.41) is 5.05. The van der Waals surface area contributed by atoms with E-state index >= 15 is 0 Å². The topological polar surface area (TPSA) is 12.0 Å². The van der Waals surface area contributed by atoms with Crippen LogP contribution in [0.4, 0.5) is 5.69 Å². The van der Waals surface area contributed by atoms with Gasteiger partial charge in [-0.3, -0.25) is 0 Å². The largest absolute Gasteiger partial charge is 0.377 e. The number of hydrogen-bond donors (Lipinski definition) is 1. The van der Waals surface area contributed by atoms with Crippen LogP contribution in [0.2, 0.25) is 15.1 Å². The highest BCUT2D eigenvalue weighted by atomic mass is 79.9. The average Bonchev–Trinajstić information content (AvgIpc) is 2.39. The van der Waals surface area contributed by atoms with Crippen LogP contribution in [0, 0.1) is 0 Å². The molecule has 0 aliphatic rings. The molecular weight excluding hydrogens is 368 g/mol. The molecule has 0 radical (unpaired) electrons. The third-order valence-electron chi connectivity index (χ3n) is 2.76. The number of hydrogen-bond acceptors (Lipinski definition) is 1. The first-order valence-electron chi connectivity index (χ1n) is 5.64. The van der Waals surface area contributed by atoms with Gasteiger partial charge in [-0.05, 0) is 52.7 Å². The van der Waals surface area contributed by atoms with Crippen molar-refractivity contribution in [3.05, 3.63) is 61.5 Å². The molecule has 2 aromatic carbocycles. The maximum Gasteiger partial charge on any atom is 0.0835 e. The van der Waals surface area contributed by atoms with E-state index in [1.807, 2.05) is 43.3 Å². The molecule has 1 N–H and O–H groups in total. The molecule has 0 amide bonds. The fraction of sp³-hybridized carbons (Fsp3) is 0.143. The quantitative estimate of drug-likeness (QED) is 0.594. The van der Waals surface area contributed by atoms with Crippen LogP contribution in [-0.2, 0) is 0 Å². The van der Waals surface area contributed by atoms with E-state index in [1.54, 1.807) is 0 Å². The second-order valence-electron chi connectivity index (χ2n) is 4.14. The van der Waals surface area contributed by atoms with Crippen LogP contribution < -0.4 is 5.32 Å². The summed E-state index contributed by atoms with van der Waals surface area (Å²) in [6.07, 6.45) is 0. The number of halogens is 4. The zero-order chi connectivity index (χ0) is 14.0. The van der Waals surface area contributed by atoms with Crippen LogP contribution in [-0.4, -0.2) is 0 Å². The fourth-order valence-corrected chi connectivity index (χ4v) is 2.76. The Kier molecular flexibility index (Phi) is 5.02. The normalized spacial score (nSPS) is 12.3. The smallest absolute Gasteiger partial charge is 0.0835 e. The molecule has 0 bridgehead atoms. The molecule has 0 saturated carbocycles. The van der Waals surface area contributed by atoms with Gasteiger partial charge in [0.05, 0.1) is 15.7 Å². The number of anilines is 1. The molecule has 0 aliphatic carbocycles. The SMILES string of the molecule is CC(Nc1ccc(Br)c(Cl)c1Cl)c1cccc(Cl)c1. The lowest BCUT2D eigenvalue weighted by molar-refractivity contribution is 0.885. The van der Waals surface area contributed by atoms with Gasteiger partial charge in [-0.25, -0.2) is 0 Å². The molecule has 0 fully saturated rings. The van der Waals surface area contributed by atoms with Crippen molar-refractivity contribution in [1.82, 2.24) is 0 Å². The first-order valence-corrected chi connectivity index (χ1v) is 7.57. The van der Waals surface area contributed by atoms with Crippen LogP contribution in [0.15, 0.2) is 40.9 Å². The standard InChI is InChI=1S/C14H11BrCl3N/c1-8(9-3-2-4-10(16)7-9)19-12-6-5-11(15)13(17)14(12)18/h2-8,19H,1H3. The third kappa shape index (κ3) is 3.57. The van der Waals surface area contributed by atoms with E-state index in [0.29, 0.717) is 15.1 Å². The minimum absolute atomic E-state index is 0.0773. The van der Waals surface area contributed by atoms with E-state index in [2.05, 4.69) is 21.2 Å². The lowest BCUT2D eigenvalue weighted by Crippen LogP contribution is -2.07. The summed E-state index contributed by atoms with van der Waals surface area (Å²) in [4.78, 5) is 0. The highest BCUT2D eigenvalue weighted by Crippen LogP contribution is 2.37. The molecule has 2 rings (SSSR count). The van der Waals surface area contributed by atoms with Gasteiger partial charge in [0.15, 0.2) is 0 Å². The van der Waals surface area contributed by atoms with E-state index in [9.17, 15) is 0 Å². The monoisotopic (exact) mass is 377 g/mol. The van der Waals surface area contributed by atoms with Gasteiger partial charge in [-0.15, -0.1) is 0 Å². The van der Waals surface area contributed by atoms with Crippen LogP contribution in [0.5, 0.6) is 0 Å². The van der Waals surface area contributed by atoms with E-state index in [4.69, 9.17) is 34.8 Å². The molecule has 0 aliphatic heterocycles. The molecule has 0 aromatic heterocycles. The van der Waals surface area contributed by atoms with Gasteiger partial charge in [0.25, 0.3) is 0 Å². The maximum atomic E-state index is 6.21. The molecule has 0 saturated heterocycles. The van der Waals surface area contributed by atoms with E-state index < -0.39 is 0 Å². The Hall–Kier alpha value is -0.410. The summed E-state index contributed by atoms with van der Waals surface area (Å²) in [5.41, 5.74) is 1.88. The van der Waals surface area contributed by atoms with Gasteiger partial charge in [-0.2, -0.15) is 0 Å². The van der Waals surface area contributed by atoms with Crippen molar-refractivity contribution in [2.45, 2.75) is 13.0 Å². The molecule has 5 heteroatoms. The second-order valence-corrected chi connectivity index (χ2v) is 6.19. The Labute approximate surface area is 136 Å². The Morgan fingerprint density at radius 1 is 1.05 bits per heavy atom. The molecule has 19 heavy (non-hydrogen) atoms. The van der Waals surface area contributed by atoms with Crippen molar-refractivity contribution < 1.29 is 0 Å². The third-order valence-corrected chi connectivity index (χ3v) is 4.76.